The van der Waals surface area contributed by atoms with Crippen molar-refractivity contribution in [2.45, 2.75) is 51.6 Å². The van der Waals surface area contributed by atoms with Gasteiger partial charge < -0.3 is 5.11 Å². The zero-order valence-corrected chi connectivity index (χ0v) is 9.68. The van der Waals surface area contributed by atoms with E-state index in [4.69, 9.17) is 0 Å². The number of hydrogen-bond donors (Lipinski definition) is 1. The third-order valence-corrected chi connectivity index (χ3v) is 3.85. The number of aliphatic hydroxyl groups excluding tert-OH is 1. The molecule has 1 aliphatic rings. The third-order valence-electron chi connectivity index (χ3n) is 2.77. The summed E-state index contributed by atoms with van der Waals surface area (Å²) in [5.41, 5.74) is 0. The number of rotatable bonds is 4. The fourth-order valence-electron chi connectivity index (χ4n) is 1.81. The minimum absolute atomic E-state index is 0.0781. The Kier molecular flexibility index (Phi) is 5.56. The summed E-state index contributed by atoms with van der Waals surface area (Å²) in [6, 6.07) is 0. The Balaban J connectivity index is 2.27. The lowest BCUT2D eigenvalue weighted by Crippen LogP contribution is -2.29. The number of unbranched alkanes of at least 4 members (excludes halogenated alkanes) is 1. The molecular formula is C11H20O2S. The maximum absolute atomic E-state index is 11.7. The molecule has 2 atom stereocenters. The predicted molar refractivity (Wildman–Crippen MR) is 60.3 cm³/mol. The Bertz CT molecular complexity index is 182. The first-order chi connectivity index (χ1) is 6.75. The summed E-state index contributed by atoms with van der Waals surface area (Å²) >= 11 is 1.41. The highest BCUT2D eigenvalue weighted by molar-refractivity contribution is 8.13. The maximum Gasteiger partial charge on any atom is 0.194 e. The monoisotopic (exact) mass is 216 g/mol. The molecule has 0 aliphatic heterocycles. The third kappa shape index (κ3) is 3.62. The van der Waals surface area contributed by atoms with Crippen molar-refractivity contribution in [3.63, 3.8) is 0 Å². The summed E-state index contributed by atoms with van der Waals surface area (Å²) in [7, 11) is 0. The number of carbonyl (C=O) groups excluding carboxylic acids is 1. The van der Waals surface area contributed by atoms with Gasteiger partial charge in [-0.15, -0.1) is 0 Å². The van der Waals surface area contributed by atoms with Gasteiger partial charge in [-0.25, -0.2) is 0 Å². The molecule has 1 N–H and O–H groups in total. The molecule has 1 rings (SSSR count). The highest BCUT2D eigenvalue weighted by atomic mass is 32.2. The van der Waals surface area contributed by atoms with Crippen molar-refractivity contribution in [2.75, 3.05) is 5.75 Å². The van der Waals surface area contributed by atoms with Crippen LogP contribution in [0.4, 0.5) is 0 Å². The molecule has 0 bridgehead atoms. The second-order valence-electron chi connectivity index (χ2n) is 3.98. The first kappa shape index (κ1) is 12.1. The van der Waals surface area contributed by atoms with Gasteiger partial charge in [0.2, 0.25) is 0 Å². The lowest BCUT2D eigenvalue weighted by molar-refractivity contribution is -0.119. The van der Waals surface area contributed by atoms with Crippen LogP contribution in [0.15, 0.2) is 0 Å². The van der Waals surface area contributed by atoms with Crippen LogP contribution in [0.3, 0.4) is 0 Å². The van der Waals surface area contributed by atoms with E-state index in [9.17, 15) is 9.90 Å². The average molecular weight is 216 g/mol. The Labute approximate surface area is 90.5 Å². The van der Waals surface area contributed by atoms with Crippen LogP contribution in [-0.2, 0) is 4.79 Å². The smallest absolute Gasteiger partial charge is 0.194 e. The largest absolute Gasteiger partial charge is 0.392 e. The summed E-state index contributed by atoms with van der Waals surface area (Å²) in [4.78, 5) is 11.7. The molecule has 1 aliphatic carbocycles. The molecule has 82 valence electrons. The SMILES string of the molecule is CCCCSC(=O)C1CCCCC1O. The van der Waals surface area contributed by atoms with E-state index in [0.29, 0.717) is 0 Å². The van der Waals surface area contributed by atoms with Crippen molar-refractivity contribution in [2.24, 2.45) is 5.92 Å². The normalized spacial score (nSPS) is 27.6. The number of carbonyl (C=O) groups is 1. The van der Waals surface area contributed by atoms with Gasteiger partial charge in [-0.1, -0.05) is 37.9 Å². The van der Waals surface area contributed by atoms with Crippen LogP contribution >= 0.6 is 11.8 Å². The van der Waals surface area contributed by atoms with E-state index in [1.165, 1.54) is 11.8 Å². The highest BCUT2D eigenvalue weighted by Gasteiger charge is 2.29. The Morgan fingerprint density at radius 2 is 2.14 bits per heavy atom. The van der Waals surface area contributed by atoms with Crippen molar-refractivity contribution in [1.29, 1.82) is 0 Å². The molecule has 0 aromatic heterocycles. The van der Waals surface area contributed by atoms with E-state index in [1.807, 2.05) is 0 Å². The van der Waals surface area contributed by atoms with Crippen LogP contribution in [0, 0.1) is 5.92 Å². The first-order valence-corrected chi connectivity index (χ1v) is 6.59. The highest BCUT2D eigenvalue weighted by Crippen LogP contribution is 2.28. The molecule has 2 unspecified atom stereocenters. The topological polar surface area (TPSA) is 37.3 Å². The molecule has 1 saturated carbocycles. The standard InChI is InChI=1S/C11H20O2S/c1-2-3-8-14-11(13)9-6-4-5-7-10(9)12/h9-10,12H,2-8H2,1H3. The van der Waals surface area contributed by atoms with Crippen molar-refractivity contribution in [3.05, 3.63) is 0 Å². The van der Waals surface area contributed by atoms with Crippen LogP contribution in [0.1, 0.15) is 45.4 Å². The van der Waals surface area contributed by atoms with E-state index in [2.05, 4.69) is 6.92 Å². The lowest BCUT2D eigenvalue weighted by atomic mass is 9.87. The number of aliphatic hydroxyl groups is 1. The zero-order chi connectivity index (χ0) is 10.4. The average Bonchev–Trinajstić information content (AvgIpc) is 2.18. The van der Waals surface area contributed by atoms with E-state index >= 15 is 0 Å². The second-order valence-corrected chi connectivity index (χ2v) is 5.08. The van der Waals surface area contributed by atoms with Gasteiger partial charge in [-0.2, -0.15) is 0 Å². The molecule has 0 amide bonds. The molecule has 0 radical (unpaired) electrons. The van der Waals surface area contributed by atoms with Gasteiger partial charge in [-0.05, 0) is 19.3 Å². The van der Waals surface area contributed by atoms with E-state index in [1.54, 1.807) is 0 Å². The molecule has 1 fully saturated rings. The molecule has 0 spiro atoms. The Morgan fingerprint density at radius 3 is 2.79 bits per heavy atom. The van der Waals surface area contributed by atoms with Gasteiger partial charge in [0, 0.05) is 5.75 Å². The van der Waals surface area contributed by atoms with Crippen LogP contribution < -0.4 is 0 Å². The molecule has 0 heterocycles. The van der Waals surface area contributed by atoms with Gasteiger partial charge in [-0.3, -0.25) is 4.79 Å². The maximum atomic E-state index is 11.7. The van der Waals surface area contributed by atoms with Gasteiger partial charge >= 0.3 is 0 Å². The fraction of sp³-hybridized carbons (Fsp3) is 0.909. The summed E-state index contributed by atoms with van der Waals surface area (Å²) in [5.74, 6) is 0.837. The van der Waals surface area contributed by atoms with Crippen molar-refractivity contribution < 1.29 is 9.90 Å². The van der Waals surface area contributed by atoms with E-state index in [-0.39, 0.29) is 17.1 Å². The number of thioether (sulfide) groups is 1. The van der Waals surface area contributed by atoms with Crippen molar-refractivity contribution in [3.8, 4) is 0 Å². The molecule has 0 saturated heterocycles. The van der Waals surface area contributed by atoms with Gasteiger partial charge in [0.05, 0.1) is 12.0 Å². The van der Waals surface area contributed by atoms with Gasteiger partial charge in [0.1, 0.15) is 0 Å². The molecular weight excluding hydrogens is 196 g/mol. The molecule has 0 aromatic rings. The van der Waals surface area contributed by atoms with Crippen LogP contribution in [0.5, 0.6) is 0 Å². The molecule has 2 nitrogen and oxygen atoms in total. The lowest BCUT2D eigenvalue weighted by Gasteiger charge is -2.25. The fourth-order valence-corrected chi connectivity index (χ4v) is 2.93. The molecule has 0 aromatic carbocycles. The van der Waals surface area contributed by atoms with Crippen molar-refractivity contribution >= 4 is 16.9 Å². The minimum Gasteiger partial charge on any atom is -0.392 e. The van der Waals surface area contributed by atoms with Crippen molar-refractivity contribution in [1.82, 2.24) is 0 Å². The molecule has 3 heteroatoms. The minimum atomic E-state index is -0.370. The Hall–Kier alpha value is -0.0200. The predicted octanol–water partition coefficient (Wildman–Crippen LogP) is 2.60. The van der Waals surface area contributed by atoms with E-state index < -0.39 is 0 Å². The van der Waals surface area contributed by atoms with E-state index in [0.717, 1.165) is 44.3 Å². The summed E-state index contributed by atoms with van der Waals surface area (Å²) in [5, 5.41) is 9.88. The number of hydrogen-bond acceptors (Lipinski definition) is 3. The molecule has 14 heavy (non-hydrogen) atoms. The Morgan fingerprint density at radius 1 is 1.43 bits per heavy atom. The van der Waals surface area contributed by atoms with Crippen LogP contribution in [-0.4, -0.2) is 22.1 Å². The summed E-state index contributed by atoms with van der Waals surface area (Å²) in [6.07, 6.45) is 5.73. The van der Waals surface area contributed by atoms with Gasteiger partial charge in [0.15, 0.2) is 5.12 Å². The quantitative estimate of drug-likeness (QED) is 0.734. The summed E-state index contributed by atoms with van der Waals surface area (Å²) < 4.78 is 0. The van der Waals surface area contributed by atoms with Crippen LogP contribution in [0.2, 0.25) is 0 Å². The zero-order valence-electron chi connectivity index (χ0n) is 8.87. The summed E-state index contributed by atoms with van der Waals surface area (Å²) in [6.45, 7) is 2.13. The second kappa shape index (κ2) is 6.46. The van der Waals surface area contributed by atoms with Gasteiger partial charge in [0.25, 0.3) is 0 Å². The van der Waals surface area contributed by atoms with Crippen LogP contribution in [0.25, 0.3) is 0 Å². The first-order valence-electron chi connectivity index (χ1n) is 5.60.